The number of hydrogen-bond acceptors (Lipinski definition) is 3. The molecular formula is C15H18N2O. The Hall–Kier alpha value is -1.71. The van der Waals surface area contributed by atoms with Crippen LogP contribution in [0, 0.1) is 6.92 Å². The quantitative estimate of drug-likeness (QED) is 0.844. The molecule has 0 saturated carbocycles. The van der Waals surface area contributed by atoms with Gasteiger partial charge in [0.15, 0.2) is 0 Å². The molecule has 0 aliphatic carbocycles. The maximum atomic E-state index is 8.95. The lowest BCUT2D eigenvalue weighted by atomic mass is 10.1. The minimum absolute atomic E-state index is 0.0999. The van der Waals surface area contributed by atoms with Crippen LogP contribution in [0.25, 0.3) is 0 Å². The summed E-state index contributed by atoms with van der Waals surface area (Å²) in [5.41, 5.74) is 4.39. The summed E-state index contributed by atoms with van der Waals surface area (Å²) in [5, 5.41) is 12.3. The van der Waals surface area contributed by atoms with Gasteiger partial charge in [0.1, 0.15) is 0 Å². The molecule has 0 bridgehead atoms. The number of benzene rings is 1. The Morgan fingerprint density at radius 3 is 2.17 bits per heavy atom. The molecule has 0 spiro atoms. The van der Waals surface area contributed by atoms with Gasteiger partial charge in [-0.05, 0) is 29.7 Å². The zero-order chi connectivity index (χ0) is 12.8. The van der Waals surface area contributed by atoms with Gasteiger partial charge in [0.05, 0.1) is 6.61 Å². The highest BCUT2D eigenvalue weighted by atomic mass is 16.3. The van der Waals surface area contributed by atoms with Crippen LogP contribution in [0.4, 0.5) is 0 Å². The van der Waals surface area contributed by atoms with Crippen molar-refractivity contribution < 1.29 is 5.11 Å². The van der Waals surface area contributed by atoms with Crippen molar-refractivity contribution in [1.29, 1.82) is 0 Å². The summed E-state index contributed by atoms with van der Waals surface area (Å²) in [4.78, 5) is 4.26. The number of hydrogen-bond donors (Lipinski definition) is 2. The van der Waals surface area contributed by atoms with E-state index in [1.165, 1.54) is 11.1 Å². The van der Waals surface area contributed by atoms with Gasteiger partial charge in [0.2, 0.25) is 0 Å². The second-order valence-corrected chi connectivity index (χ2v) is 4.39. The molecule has 0 aliphatic rings. The first-order valence-electron chi connectivity index (χ1n) is 6.09. The van der Waals surface area contributed by atoms with E-state index in [9.17, 15) is 0 Å². The highest BCUT2D eigenvalue weighted by Crippen LogP contribution is 2.05. The van der Waals surface area contributed by atoms with Crippen molar-refractivity contribution in [3.8, 4) is 0 Å². The molecule has 3 heteroatoms. The number of rotatable bonds is 5. The fraction of sp³-hybridized carbons (Fsp3) is 0.267. The molecule has 0 unspecified atom stereocenters. The van der Waals surface area contributed by atoms with Crippen molar-refractivity contribution in [3.05, 3.63) is 65.0 Å². The third kappa shape index (κ3) is 3.65. The Morgan fingerprint density at radius 2 is 1.56 bits per heavy atom. The summed E-state index contributed by atoms with van der Waals surface area (Å²) in [6, 6.07) is 12.1. The zero-order valence-electron chi connectivity index (χ0n) is 10.6. The van der Waals surface area contributed by atoms with E-state index in [1.807, 2.05) is 43.5 Å². The average molecular weight is 242 g/mol. The van der Waals surface area contributed by atoms with Crippen molar-refractivity contribution in [2.75, 3.05) is 0 Å². The molecule has 0 amide bonds. The van der Waals surface area contributed by atoms with Crippen molar-refractivity contribution in [1.82, 2.24) is 10.3 Å². The number of pyridine rings is 1. The molecule has 3 nitrogen and oxygen atoms in total. The lowest BCUT2D eigenvalue weighted by molar-refractivity contribution is 0.282. The second kappa shape index (κ2) is 6.28. The van der Waals surface area contributed by atoms with Crippen LogP contribution in [0.1, 0.15) is 22.4 Å². The minimum atomic E-state index is 0.0999. The number of aliphatic hydroxyl groups excluding tert-OH is 1. The topological polar surface area (TPSA) is 45.1 Å². The van der Waals surface area contributed by atoms with Crippen LogP contribution >= 0.6 is 0 Å². The first kappa shape index (κ1) is 12.7. The number of nitrogens with one attached hydrogen (secondary N) is 1. The predicted octanol–water partition coefficient (Wildman–Crippen LogP) is 2.17. The van der Waals surface area contributed by atoms with Crippen LogP contribution in [0.2, 0.25) is 0 Å². The summed E-state index contributed by atoms with van der Waals surface area (Å²) >= 11 is 0. The monoisotopic (exact) mass is 242 g/mol. The lowest BCUT2D eigenvalue weighted by Gasteiger charge is -2.06. The summed E-state index contributed by atoms with van der Waals surface area (Å²) < 4.78 is 0. The molecule has 0 radical (unpaired) electrons. The minimum Gasteiger partial charge on any atom is -0.392 e. The number of aliphatic hydroxyl groups is 1. The summed E-state index contributed by atoms with van der Waals surface area (Å²) in [5.74, 6) is 0. The predicted molar refractivity (Wildman–Crippen MR) is 71.9 cm³/mol. The lowest BCUT2D eigenvalue weighted by Crippen LogP contribution is -2.12. The molecule has 0 saturated heterocycles. The van der Waals surface area contributed by atoms with E-state index in [-0.39, 0.29) is 6.61 Å². The van der Waals surface area contributed by atoms with Crippen molar-refractivity contribution in [2.45, 2.75) is 26.6 Å². The van der Waals surface area contributed by atoms with E-state index in [1.54, 1.807) is 0 Å². The van der Waals surface area contributed by atoms with Crippen LogP contribution in [0.15, 0.2) is 42.6 Å². The molecule has 0 fully saturated rings. The second-order valence-electron chi connectivity index (χ2n) is 4.39. The van der Waals surface area contributed by atoms with Gasteiger partial charge in [0, 0.05) is 25.0 Å². The van der Waals surface area contributed by atoms with Gasteiger partial charge >= 0.3 is 0 Å². The summed E-state index contributed by atoms with van der Waals surface area (Å²) in [6.45, 7) is 3.72. The molecule has 2 aromatic rings. The van der Waals surface area contributed by atoms with E-state index in [4.69, 9.17) is 5.11 Å². The van der Waals surface area contributed by atoms with E-state index >= 15 is 0 Å². The summed E-state index contributed by atoms with van der Waals surface area (Å²) in [7, 11) is 0. The fourth-order valence-electron chi connectivity index (χ4n) is 1.72. The van der Waals surface area contributed by atoms with Crippen molar-refractivity contribution in [2.24, 2.45) is 0 Å². The third-order valence-corrected chi connectivity index (χ3v) is 2.84. The Labute approximate surface area is 108 Å². The smallest absolute Gasteiger partial charge is 0.0681 e. The molecule has 2 N–H and O–H groups in total. The van der Waals surface area contributed by atoms with Gasteiger partial charge in [-0.3, -0.25) is 4.98 Å². The Balaban J connectivity index is 1.82. The molecule has 0 atom stereocenters. The largest absolute Gasteiger partial charge is 0.392 e. The molecular weight excluding hydrogens is 224 g/mol. The molecule has 1 heterocycles. The summed E-state index contributed by atoms with van der Waals surface area (Å²) in [6.07, 6.45) is 1.90. The van der Waals surface area contributed by atoms with Gasteiger partial charge in [-0.15, -0.1) is 0 Å². The van der Waals surface area contributed by atoms with Gasteiger partial charge in [0.25, 0.3) is 0 Å². The van der Waals surface area contributed by atoms with Crippen LogP contribution in [0.3, 0.4) is 0 Å². The van der Waals surface area contributed by atoms with E-state index < -0.39 is 0 Å². The van der Waals surface area contributed by atoms with Gasteiger partial charge in [-0.1, -0.05) is 30.3 Å². The molecule has 1 aromatic heterocycles. The van der Waals surface area contributed by atoms with Crippen LogP contribution in [-0.4, -0.2) is 10.1 Å². The van der Waals surface area contributed by atoms with E-state index in [2.05, 4.69) is 16.4 Å². The molecule has 94 valence electrons. The molecule has 1 aromatic carbocycles. The SMILES string of the molecule is Cc1ccc(CNCc2ccc(CO)cc2)cn1. The van der Waals surface area contributed by atoms with Crippen LogP contribution < -0.4 is 5.32 Å². The van der Waals surface area contributed by atoms with Gasteiger partial charge in [-0.25, -0.2) is 0 Å². The Bertz CT molecular complexity index is 477. The number of nitrogens with zero attached hydrogens (tertiary/aromatic N) is 1. The standard InChI is InChI=1S/C15H18N2O/c1-12-2-3-15(10-17-12)9-16-8-13-4-6-14(11-18)7-5-13/h2-7,10,16,18H,8-9,11H2,1H3. The average Bonchev–Trinajstić information content (AvgIpc) is 2.42. The highest BCUT2D eigenvalue weighted by molar-refractivity contribution is 5.22. The maximum absolute atomic E-state index is 8.95. The van der Waals surface area contributed by atoms with E-state index in [0.717, 1.165) is 24.3 Å². The molecule has 18 heavy (non-hydrogen) atoms. The first-order valence-corrected chi connectivity index (χ1v) is 6.09. The normalized spacial score (nSPS) is 10.6. The van der Waals surface area contributed by atoms with Crippen LogP contribution in [0.5, 0.6) is 0 Å². The first-order chi connectivity index (χ1) is 8.78. The van der Waals surface area contributed by atoms with Gasteiger partial charge in [-0.2, -0.15) is 0 Å². The fourth-order valence-corrected chi connectivity index (χ4v) is 1.72. The van der Waals surface area contributed by atoms with Crippen LogP contribution in [-0.2, 0) is 19.7 Å². The molecule has 2 rings (SSSR count). The number of aryl methyl sites for hydroxylation is 1. The van der Waals surface area contributed by atoms with Crippen molar-refractivity contribution in [3.63, 3.8) is 0 Å². The highest BCUT2D eigenvalue weighted by Gasteiger charge is 1.96. The Morgan fingerprint density at radius 1 is 0.944 bits per heavy atom. The molecule has 0 aliphatic heterocycles. The maximum Gasteiger partial charge on any atom is 0.0681 e. The third-order valence-electron chi connectivity index (χ3n) is 2.84. The number of aromatic nitrogens is 1. The van der Waals surface area contributed by atoms with Gasteiger partial charge < -0.3 is 10.4 Å². The Kier molecular flexibility index (Phi) is 4.45. The van der Waals surface area contributed by atoms with E-state index in [0.29, 0.717) is 0 Å². The van der Waals surface area contributed by atoms with Crippen molar-refractivity contribution >= 4 is 0 Å². The zero-order valence-corrected chi connectivity index (χ0v) is 10.6.